The zero-order valence-corrected chi connectivity index (χ0v) is 19.3. The smallest absolute Gasteiger partial charge is 0.293 e. The highest BCUT2D eigenvalue weighted by molar-refractivity contribution is 5.90. The fourth-order valence-corrected chi connectivity index (χ4v) is 4.26. The van der Waals surface area contributed by atoms with Crippen LogP contribution in [0.2, 0.25) is 0 Å². The number of nitrogens with zero attached hydrogens (tertiary/aromatic N) is 4. The monoisotopic (exact) mass is 452 g/mol. The van der Waals surface area contributed by atoms with Crippen LogP contribution in [0.5, 0.6) is 11.5 Å². The lowest BCUT2D eigenvalue weighted by molar-refractivity contribution is 0.0674. The number of halogens is 1. The molecule has 1 fully saturated rings. The van der Waals surface area contributed by atoms with Gasteiger partial charge in [-0.2, -0.15) is 0 Å². The first kappa shape index (κ1) is 22.8. The van der Waals surface area contributed by atoms with Crippen molar-refractivity contribution < 1.29 is 18.7 Å². The van der Waals surface area contributed by atoms with Gasteiger partial charge in [0, 0.05) is 19.2 Å². The third kappa shape index (κ3) is 5.32. The Bertz CT molecular complexity index is 1080. The Labute approximate surface area is 193 Å². The predicted octanol–water partition coefficient (Wildman–Crippen LogP) is 4.22. The topological polar surface area (TPSA) is 69.5 Å². The number of piperidine rings is 1. The number of likely N-dealkylation sites (tertiary alicyclic amines) is 1. The van der Waals surface area contributed by atoms with Crippen LogP contribution in [0.1, 0.15) is 41.3 Å². The van der Waals surface area contributed by atoms with Crippen LogP contribution in [0, 0.1) is 18.7 Å². The molecule has 0 saturated carbocycles. The number of hydrogen-bond acceptors (Lipinski definition) is 5. The van der Waals surface area contributed by atoms with Crippen molar-refractivity contribution in [1.29, 1.82) is 0 Å². The molecule has 1 aromatic heterocycles. The number of aryl methyl sites for hydroxylation is 2. The molecule has 174 valence electrons. The highest BCUT2D eigenvalue weighted by Gasteiger charge is 2.26. The molecule has 1 aliphatic rings. The van der Waals surface area contributed by atoms with Gasteiger partial charge in [0.15, 0.2) is 0 Å². The van der Waals surface area contributed by atoms with Crippen LogP contribution < -0.4 is 9.47 Å². The molecule has 0 unspecified atom stereocenters. The number of methoxy groups -OCH3 is 2. The maximum absolute atomic E-state index is 13.2. The predicted molar refractivity (Wildman–Crippen MR) is 123 cm³/mol. The van der Waals surface area contributed by atoms with Crippen LogP contribution in [0.4, 0.5) is 4.39 Å². The van der Waals surface area contributed by atoms with Crippen LogP contribution in [0.25, 0.3) is 5.69 Å². The first-order valence-electron chi connectivity index (χ1n) is 11.2. The molecule has 0 N–H and O–H groups in total. The minimum Gasteiger partial charge on any atom is -0.497 e. The summed E-state index contributed by atoms with van der Waals surface area (Å²) in [5, 5.41) is 4.38. The van der Waals surface area contributed by atoms with Crippen molar-refractivity contribution in [2.45, 2.75) is 32.6 Å². The molecule has 2 aromatic carbocycles. The van der Waals surface area contributed by atoms with E-state index in [1.807, 2.05) is 23.1 Å². The molecule has 0 spiro atoms. The second-order valence-electron chi connectivity index (χ2n) is 8.37. The molecule has 2 heterocycles. The number of carbonyl (C=O) groups is 1. The highest BCUT2D eigenvalue weighted by atomic mass is 19.1. The zero-order valence-electron chi connectivity index (χ0n) is 19.3. The molecule has 0 aliphatic carbocycles. The second kappa shape index (κ2) is 10.0. The minimum atomic E-state index is -0.318. The van der Waals surface area contributed by atoms with E-state index in [0.717, 1.165) is 37.2 Å². The van der Waals surface area contributed by atoms with Gasteiger partial charge in [0.05, 0.1) is 19.9 Å². The van der Waals surface area contributed by atoms with Gasteiger partial charge in [0.2, 0.25) is 5.82 Å². The number of ether oxygens (including phenoxy) is 2. The second-order valence-corrected chi connectivity index (χ2v) is 8.37. The van der Waals surface area contributed by atoms with Crippen LogP contribution in [0.3, 0.4) is 0 Å². The minimum absolute atomic E-state index is 0.157. The molecule has 8 heteroatoms. The maximum Gasteiger partial charge on any atom is 0.293 e. The number of rotatable bonds is 7. The van der Waals surface area contributed by atoms with Gasteiger partial charge in [0.25, 0.3) is 5.91 Å². The molecule has 1 saturated heterocycles. The van der Waals surface area contributed by atoms with Gasteiger partial charge >= 0.3 is 0 Å². The Kier molecular flexibility index (Phi) is 6.91. The van der Waals surface area contributed by atoms with E-state index in [1.165, 1.54) is 17.7 Å². The summed E-state index contributed by atoms with van der Waals surface area (Å²) in [5.74, 6) is 2.45. The molecule has 7 nitrogen and oxygen atoms in total. The summed E-state index contributed by atoms with van der Waals surface area (Å²) in [7, 11) is 3.31. The first-order chi connectivity index (χ1) is 16.0. The fraction of sp³-hybridized carbons (Fsp3) is 0.400. The summed E-state index contributed by atoms with van der Waals surface area (Å²) in [5.41, 5.74) is 1.86. The first-order valence-corrected chi connectivity index (χ1v) is 11.2. The Morgan fingerprint density at radius 2 is 1.70 bits per heavy atom. The van der Waals surface area contributed by atoms with E-state index in [-0.39, 0.29) is 17.5 Å². The Morgan fingerprint density at radius 3 is 2.30 bits per heavy atom. The van der Waals surface area contributed by atoms with Gasteiger partial charge < -0.3 is 14.4 Å². The number of carbonyl (C=O) groups excluding carboxylic acids is 1. The van der Waals surface area contributed by atoms with E-state index in [4.69, 9.17) is 9.47 Å². The number of amides is 1. The molecular weight excluding hydrogens is 423 g/mol. The molecule has 0 atom stereocenters. The van der Waals surface area contributed by atoms with Crippen LogP contribution in [-0.2, 0) is 6.42 Å². The Balaban J connectivity index is 1.33. The SMILES string of the molecule is COc1cc(CCC2CCN(C(=O)c3nc(C)n(-c4ccc(F)cc4)n3)CC2)cc(OC)c1. The zero-order chi connectivity index (χ0) is 23.4. The largest absolute Gasteiger partial charge is 0.497 e. The van der Waals surface area contributed by atoms with Gasteiger partial charge in [-0.25, -0.2) is 14.1 Å². The van der Waals surface area contributed by atoms with E-state index in [0.29, 0.717) is 30.5 Å². The number of benzene rings is 2. The van der Waals surface area contributed by atoms with E-state index in [2.05, 4.69) is 10.1 Å². The molecule has 33 heavy (non-hydrogen) atoms. The Hall–Kier alpha value is -3.42. The summed E-state index contributed by atoms with van der Waals surface area (Å²) in [6, 6.07) is 11.9. The lowest BCUT2D eigenvalue weighted by Crippen LogP contribution is -2.39. The molecule has 1 aliphatic heterocycles. The van der Waals surface area contributed by atoms with Crippen LogP contribution in [0.15, 0.2) is 42.5 Å². The van der Waals surface area contributed by atoms with Gasteiger partial charge in [-0.1, -0.05) is 0 Å². The summed E-state index contributed by atoms with van der Waals surface area (Å²) in [4.78, 5) is 19.2. The molecule has 0 bridgehead atoms. The van der Waals surface area contributed by atoms with Crippen molar-refractivity contribution in [3.8, 4) is 17.2 Å². The lowest BCUT2D eigenvalue weighted by Gasteiger charge is -2.31. The third-order valence-electron chi connectivity index (χ3n) is 6.19. The van der Waals surface area contributed by atoms with Crippen molar-refractivity contribution in [1.82, 2.24) is 19.7 Å². The van der Waals surface area contributed by atoms with Crippen molar-refractivity contribution in [3.63, 3.8) is 0 Å². The Morgan fingerprint density at radius 1 is 1.06 bits per heavy atom. The maximum atomic E-state index is 13.2. The summed E-state index contributed by atoms with van der Waals surface area (Å²) < 4.78 is 25.5. The standard InChI is InChI=1S/C25H29FN4O3/c1-17-27-24(28-30(17)21-8-6-20(26)7-9-21)25(31)29-12-10-18(11-13-29)4-5-19-14-22(32-2)16-23(15-19)33-3/h6-9,14-16,18H,4-5,10-13H2,1-3H3. The van der Waals surface area contributed by atoms with E-state index >= 15 is 0 Å². The lowest BCUT2D eigenvalue weighted by atomic mass is 9.90. The van der Waals surface area contributed by atoms with Crippen molar-refractivity contribution in [2.24, 2.45) is 5.92 Å². The molecule has 0 radical (unpaired) electrons. The summed E-state index contributed by atoms with van der Waals surface area (Å²) in [6.45, 7) is 3.16. The fourth-order valence-electron chi connectivity index (χ4n) is 4.26. The van der Waals surface area contributed by atoms with Crippen LogP contribution in [-0.4, -0.2) is 52.9 Å². The van der Waals surface area contributed by atoms with Gasteiger partial charge in [-0.3, -0.25) is 4.79 Å². The quantitative estimate of drug-likeness (QED) is 0.537. The highest BCUT2D eigenvalue weighted by Crippen LogP contribution is 2.27. The summed E-state index contributed by atoms with van der Waals surface area (Å²) in [6.07, 6.45) is 3.89. The van der Waals surface area contributed by atoms with Crippen molar-refractivity contribution >= 4 is 5.91 Å². The average Bonchev–Trinajstić information content (AvgIpc) is 3.24. The average molecular weight is 453 g/mol. The molecular formula is C25H29FN4O3. The van der Waals surface area contributed by atoms with Gasteiger partial charge in [-0.05, 0) is 80.5 Å². The summed E-state index contributed by atoms with van der Waals surface area (Å²) >= 11 is 0. The van der Waals surface area contributed by atoms with Crippen molar-refractivity contribution in [2.75, 3.05) is 27.3 Å². The number of hydrogen-bond donors (Lipinski definition) is 0. The van der Waals surface area contributed by atoms with Gasteiger partial charge in [0.1, 0.15) is 23.1 Å². The third-order valence-corrected chi connectivity index (χ3v) is 6.19. The molecule has 4 rings (SSSR count). The number of aromatic nitrogens is 3. The van der Waals surface area contributed by atoms with E-state index in [1.54, 1.807) is 38.0 Å². The molecule has 3 aromatic rings. The van der Waals surface area contributed by atoms with Crippen LogP contribution >= 0.6 is 0 Å². The molecule has 1 amide bonds. The van der Waals surface area contributed by atoms with Crippen molar-refractivity contribution in [3.05, 3.63) is 65.5 Å². The van der Waals surface area contributed by atoms with E-state index < -0.39 is 0 Å². The van der Waals surface area contributed by atoms with E-state index in [9.17, 15) is 9.18 Å². The van der Waals surface area contributed by atoms with Gasteiger partial charge in [-0.15, -0.1) is 5.10 Å². The normalized spacial score (nSPS) is 14.4.